The first-order chi connectivity index (χ1) is 9.10. The average molecular weight is 285 g/mol. The number of ether oxygens (including phenoxy) is 1. The summed E-state index contributed by atoms with van der Waals surface area (Å²) in [4.78, 5) is 13.1. The molecule has 0 radical (unpaired) electrons. The Labute approximate surface area is 117 Å². The second-order valence-electron chi connectivity index (χ2n) is 4.56. The average Bonchev–Trinajstić information content (AvgIpc) is 2.81. The first kappa shape index (κ1) is 14.1. The van der Waals surface area contributed by atoms with Crippen LogP contribution < -0.4 is 5.32 Å². The number of hydrogen-bond acceptors (Lipinski definition) is 4. The van der Waals surface area contributed by atoms with Gasteiger partial charge in [0.25, 0.3) is 0 Å². The van der Waals surface area contributed by atoms with Gasteiger partial charge < -0.3 is 15.2 Å². The van der Waals surface area contributed by atoms with Gasteiger partial charge in [-0.25, -0.2) is 0 Å². The van der Waals surface area contributed by atoms with Gasteiger partial charge in [-0.2, -0.15) is 0 Å². The molecule has 0 spiro atoms. The van der Waals surface area contributed by atoms with Crippen LogP contribution in [-0.2, 0) is 9.53 Å². The Kier molecular flexibility index (Phi) is 4.63. The molecule has 0 aliphatic carbocycles. The number of rotatable bonds is 5. The zero-order valence-electron chi connectivity index (χ0n) is 10.7. The van der Waals surface area contributed by atoms with E-state index in [2.05, 4.69) is 5.32 Å². The van der Waals surface area contributed by atoms with Crippen molar-refractivity contribution in [3.05, 3.63) is 29.3 Å². The van der Waals surface area contributed by atoms with E-state index < -0.39 is 12.0 Å². The number of carbonyl (C=O) groups is 1. The highest BCUT2D eigenvalue weighted by Crippen LogP contribution is 2.20. The van der Waals surface area contributed by atoms with Crippen molar-refractivity contribution in [3.63, 3.8) is 0 Å². The van der Waals surface area contributed by atoms with Crippen molar-refractivity contribution in [1.29, 1.82) is 0 Å². The lowest BCUT2D eigenvalue weighted by atomic mass is 10.2. The predicted octanol–water partition coefficient (Wildman–Crippen LogP) is 1.88. The van der Waals surface area contributed by atoms with Gasteiger partial charge in [-0.3, -0.25) is 9.69 Å². The molecule has 0 saturated carbocycles. The van der Waals surface area contributed by atoms with Gasteiger partial charge in [0.2, 0.25) is 0 Å². The third kappa shape index (κ3) is 3.59. The summed E-state index contributed by atoms with van der Waals surface area (Å²) in [7, 11) is 1.61. The molecule has 104 valence electrons. The van der Waals surface area contributed by atoms with Crippen molar-refractivity contribution in [2.24, 2.45) is 0 Å². The van der Waals surface area contributed by atoms with Crippen LogP contribution in [-0.4, -0.2) is 48.4 Å². The molecule has 0 bridgehead atoms. The molecule has 0 amide bonds. The lowest BCUT2D eigenvalue weighted by Crippen LogP contribution is -2.39. The number of carboxylic acid groups (broad SMARTS) is 1. The number of hydrogen-bond donors (Lipinski definition) is 2. The molecule has 6 heteroatoms. The molecule has 1 aromatic carbocycles. The van der Waals surface area contributed by atoms with Crippen molar-refractivity contribution in [2.75, 3.05) is 25.6 Å². The summed E-state index contributed by atoms with van der Waals surface area (Å²) in [6.45, 7) is 1.09. The van der Waals surface area contributed by atoms with E-state index in [1.165, 1.54) is 0 Å². The van der Waals surface area contributed by atoms with Crippen LogP contribution in [0.25, 0.3) is 0 Å². The maximum atomic E-state index is 11.2. The van der Waals surface area contributed by atoms with E-state index in [0.717, 1.165) is 5.69 Å². The molecule has 2 unspecified atom stereocenters. The van der Waals surface area contributed by atoms with E-state index in [4.69, 9.17) is 16.3 Å². The molecule has 1 saturated heterocycles. The number of methoxy groups -OCH3 is 1. The zero-order valence-corrected chi connectivity index (χ0v) is 11.4. The Balaban J connectivity index is 1.93. The Morgan fingerprint density at radius 3 is 2.79 bits per heavy atom. The summed E-state index contributed by atoms with van der Waals surface area (Å²) in [5.41, 5.74) is 0.911. The fourth-order valence-electron chi connectivity index (χ4n) is 2.22. The number of likely N-dealkylation sites (tertiary alicyclic amines) is 1. The molecule has 2 N–H and O–H groups in total. The van der Waals surface area contributed by atoms with E-state index in [0.29, 0.717) is 24.7 Å². The van der Waals surface area contributed by atoms with Crippen LogP contribution in [0.3, 0.4) is 0 Å². The van der Waals surface area contributed by atoms with Gasteiger partial charge in [0, 0.05) is 30.8 Å². The Hall–Kier alpha value is -1.30. The van der Waals surface area contributed by atoms with Crippen molar-refractivity contribution in [2.45, 2.75) is 18.6 Å². The van der Waals surface area contributed by atoms with E-state index in [-0.39, 0.29) is 6.10 Å². The maximum absolute atomic E-state index is 11.2. The van der Waals surface area contributed by atoms with Crippen molar-refractivity contribution in [3.8, 4) is 0 Å². The van der Waals surface area contributed by atoms with Gasteiger partial charge in [-0.15, -0.1) is 0 Å². The molecule has 5 nitrogen and oxygen atoms in total. The van der Waals surface area contributed by atoms with E-state index in [1.54, 1.807) is 19.2 Å². The van der Waals surface area contributed by atoms with Gasteiger partial charge in [0.05, 0.1) is 12.8 Å². The number of carboxylic acids is 1. The van der Waals surface area contributed by atoms with Crippen LogP contribution in [0.15, 0.2) is 24.3 Å². The maximum Gasteiger partial charge on any atom is 0.321 e. The number of aliphatic carboxylic acids is 1. The quantitative estimate of drug-likeness (QED) is 0.864. The molecule has 1 heterocycles. The molecule has 1 fully saturated rings. The fourth-order valence-corrected chi connectivity index (χ4v) is 2.35. The Bertz CT molecular complexity index is 438. The van der Waals surface area contributed by atoms with Crippen LogP contribution in [0.4, 0.5) is 5.69 Å². The summed E-state index contributed by atoms with van der Waals surface area (Å²) in [6.07, 6.45) is 0.502. The minimum atomic E-state index is -0.808. The van der Waals surface area contributed by atoms with Crippen molar-refractivity contribution < 1.29 is 14.6 Å². The lowest BCUT2D eigenvalue weighted by molar-refractivity contribution is -0.142. The normalized spacial score (nSPS) is 23.5. The highest BCUT2D eigenvalue weighted by Gasteiger charge is 2.36. The van der Waals surface area contributed by atoms with Crippen LogP contribution in [0.5, 0.6) is 0 Å². The molecule has 2 rings (SSSR count). The summed E-state index contributed by atoms with van der Waals surface area (Å²) in [5.74, 6) is -0.808. The topological polar surface area (TPSA) is 61.8 Å². The van der Waals surface area contributed by atoms with E-state index >= 15 is 0 Å². The third-order valence-corrected chi connectivity index (χ3v) is 3.57. The molecule has 2 atom stereocenters. The van der Waals surface area contributed by atoms with Crippen LogP contribution in [0, 0.1) is 0 Å². The SMILES string of the molecule is COC1CC(C(=O)O)N(CNc2ccc(Cl)cc2)C1. The molecule has 19 heavy (non-hydrogen) atoms. The highest BCUT2D eigenvalue weighted by atomic mass is 35.5. The second kappa shape index (κ2) is 6.23. The minimum Gasteiger partial charge on any atom is -0.480 e. The van der Waals surface area contributed by atoms with E-state index in [9.17, 15) is 9.90 Å². The van der Waals surface area contributed by atoms with Gasteiger partial charge in [0.1, 0.15) is 6.04 Å². The number of nitrogens with one attached hydrogen (secondary N) is 1. The highest BCUT2D eigenvalue weighted by molar-refractivity contribution is 6.30. The first-order valence-corrected chi connectivity index (χ1v) is 6.47. The van der Waals surface area contributed by atoms with Crippen molar-refractivity contribution >= 4 is 23.3 Å². The van der Waals surface area contributed by atoms with Gasteiger partial charge >= 0.3 is 5.97 Å². The van der Waals surface area contributed by atoms with E-state index in [1.807, 2.05) is 17.0 Å². The summed E-state index contributed by atoms with van der Waals surface area (Å²) >= 11 is 5.81. The number of halogens is 1. The summed E-state index contributed by atoms with van der Waals surface area (Å²) in [5, 5.41) is 13.1. The largest absolute Gasteiger partial charge is 0.480 e. The summed E-state index contributed by atoms with van der Waals surface area (Å²) in [6, 6.07) is 6.81. The van der Waals surface area contributed by atoms with Crippen LogP contribution in [0.2, 0.25) is 5.02 Å². The summed E-state index contributed by atoms with van der Waals surface area (Å²) < 4.78 is 5.24. The monoisotopic (exact) mass is 284 g/mol. The molecule has 1 aliphatic rings. The molecule has 1 aliphatic heterocycles. The Morgan fingerprint density at radius 2 is 2.21 bits per heavy atom. The van der Waals surface area contributed by atoms with Crippen LogP contribution in [0.1, 0.15) is 6.42 Å². The first-order valence-electron chi connectivity index (χ1n) is 6.09. The molecule has 1 aromatic rings. The van der Waals surface area contributed by atoms with Crippen LogP contribution >= 0.6 is 11.6 Å². The zero-order chi connectivity index (χ0) is 13.8. The lowest BCUT2D eigenvalue weighted by Gasteiger charge is -2.21. The second-order valence-corrected chi connectivity index (χ2v) is 5.00. The third-order valence-electron chi connectivity index (χ3n) is 3.31. The molecule has 0 aromatic heterocycles. The predicted molar refractivity (Wildman–Crippen MR) is 73.5 cm³/mol. The number of anilines is 1. The fraction of sp³-hybridized carbons (Fsp3) is 0.462. The van der Waals surface area contributed by atoms with Gasteiger partial charge in [0.15, 0.2) is 0 Å². The minimum absolute atomic E-state index is 0.0203. The smallest absolute Gasteiger partial charge is 0.321 e. The molecular formula is C13H17ClN2O3. The standard InChI is InChI=1S/C13H17ClN2O3/c1-19-11-6-12(13(17)18)16(7-11)8-15-10-4-2-9(14)3-5-10/h2-5,11-12,15H,6-8H2,1H3,(H,17,18). The van der Waals surface area contributed by atoms with Crippen molar-refractivity contribution in [1.82, 2.24) is 4.90 Å². The van der Waals surface area contributed by atoms with Gasteiger partial charge in [-0.05, 0) is 24.3 Å². The number of nitrogens with zero attached hydrogens (tertiary/aromatic N) is 1. The Morgan fingerprint density at radius 1 is 1.53 bits per heavy atom. The number of benzene rings is 1. The molecular weight excluding hydrogens is 268 g/mol. The van der Waals surface area contributed by atoms with Gasteiger partial charge in [-0.1, -0.05) is 11.6 Å².